The molecule has 2 amide bonds. The fourth-order valence-electron chi connectivity index (χ4n) is 3.60. The molecule has 0 spiro atoms. The number of carbonyl (C=O) groups is 1. The molecule has 142 valence electrons. The number of nitrogens with one attached hydrogen (secondary N) is 1. The van der Waals surface area contributed by atoms with Crippen molar-refractivity contribution in [3.05, 3.63) is 46.9 Å². The Balaban J connectivity index is 1.43. The van der Waals surface area contributed by atoms with E-state index in [0.29, 0.717) is 6.54 Å². The molecule has 1 fully saturated rings. The van der Waals surface area contributed by atoms with Crippen LogP contribution in [0.15, 0.2) is 45.5 Å². The summed E-state index contributed by atoms with van der Waals surface area (Å²) in [4.78, 5) is 16.3. The van der Waals surface area contributed by atoms with E-state index >= 15 is 0 Å². The van der Waals surface area contributed by atoms with E-state index in [9.17, 15) is 4.79 Å². The summed E-state index contributed by atoms with van der Waals surface area (Å²) < 4.78 is 6.06. The van der Waals surface area contributed by atoms with E-state index in [4.69, 9.17) is 4.42 Å². The summed E-state index contributed by atoms with van der Waals surface area (Å²) in [6.07, 6.45) is 0.986. The first-order valence-electron chi connectivity index (χ1n) is 9.53. The van der Waals surface area contributed by atoms with Gasteiger partial charge in [-0.1, -0.05) is 6.07 Å². The lowest BCUT2D eigenvalue weighted by atomic mass is 10.1. The van der Waals surface area contributed by atoms with Gasteiger partial charge in [-0.3, -0.25) is 4.90 Å². The normalized spacial score (nSPS) is 15.8. The average Bonchev–Trinajstić information content (AvgIpc) is 3.27. The van der Waals surface area contributed by atoms with Crippen LogP contribution < -0.4 is 5.32 Å². The molecule has 0 bridgehead atoms. The van der Waals surface area contributed by atoms with Crippen LogP contribution in [0.4, 0.5) is 4.79 Å². The summed E-state index contributed by atoms with van der Waals surface area (Å²) >= 11 is 1.71. The Labute approximate surface area is 163 Å². The van der Waals surface area contributed by atoms with Gasteiger partial charge in [0.15, 0.2) is 0 Å². The Bertz CT molecular complexity index is 903. The molecular weight excluding hydrogens is 358 g/mol. The molecule has 3 aromatic rings. The molecule has 0 atom stereocenters. The maximum absolute atomic E-state index is 12.0. The van der Waals surface area contributed by atoms with Crippen molar-refractivity contribution in [3.63, 3.8) is 0 Å². The third-order valence-corrected chi connectivity index (χ3v) is 5.69. The quantitative estimate of drug-likeness (QED) is 0.726. The Morgan fingerprint density at radius 3 is 2.89 bits per heavy atom. The second kappa shape index (κ2) is 8.15. The van der Waals surface area contributed by atoms with Gasteiger partial charge >= 0.3 is 6.03 Å². The van der Waals surface area contributed by atoms with Gasteiger partial charge in [0, 0.05) is 38.1 Å². The summed E-state index contributed by atoms with van der Waals surface area (Å²) in [5.41, 5.74) is 3.41. The summed E-state index contributed by atoms with van der Waals surface area (Å²) in [7, 11) is 0. The zero-order valence-electron chi connectivity index (χ0n) is 15.6. The van der Waals surface area contributed by atoms with Crippen molar-refractivity contribution in [2.24, 2.45) is 0 Å². The molecule has 1 N–H and O–H groups in total. The largest absolute Gasteiger partial charge is 0.460 e. The van der Waals surface area contributed by atoms with Gasteiger partial charge in [-0.05, 0) is 59.5 Å². The van der Waals surface area contributed by atoms with E-state index < -0.39 is 0 Å². The van der Waals surface area contributed by atoms with Gasteiger partial charge in [0.05, 0.1) is 6.54 Å². The van der Waals surface area contributed by atoms with Gasteiger partial charge < -0.3 is 14.6 Å². The standard InChI is InChI=1S/C21H25N3O2S/c1-2-22-21(25)24-8-3-7-23(9-10-24)14-19-13-18-12-16(4-5-20(18)26-19)17-6-11-27-15-17/h4-6,11-13,15H,2-3,7-10,14H2,1H3,(H,22,25). The number of urea groups is 1. The fourth-order valence-corrected chi connectivity index (χ4v) is 4.27. The van der Waals surface area contributed by atoms with Crippen molar-refractivity contribution in [1.29, 1.82) is 0 Å². The van der Waals surface area contributed by atoms with Crippen molar-refractivity contribution in [2.75, 3.05) is 32.7 Å². The molecule has 4 rings (SSSR count). The lowest BCUT2D eigenvalue weighted by Gasteiger charge is -2.21. The van der Waals surface area contributed by atoms with Gasteiger partial charge in [-0.15, -0.1) is 0 Å². The van der Waals surface area contributed by atoms with Gasteiger partial charge in [-0.25, -0.2) is 4.79 Å². The number of hydrogen-bond donors (Lipinski definition) is 1. The molecule has 0 unspecified atom stereocenters. The van der Waals surface area contributed by atoms with Crippen LogP contribution in [0, 0.1) is 0 Å². The predicted molar refractivity (Wildman–Crippen MR) is 110 cm³/mol. The highest BCUT2D eigenvalue weighted by Gasteiger charge is 2.19. The molecule has 3 heterocycles. The first-order chi connectivity index (χ1) is 13.2. The van der Waals surface area contributed by atoms with E-state index in [1.165, 1.54) is 11.1 Å². The van der Waals surface area contributed by atoms with Gasteiger partial charge in [0.25, 0.3) is 0 Å². The maximum Gasteiger partial charge on any atom is 0.317 e. The monoisotopic (exact) mass is 383 g/mol. The molecule has 0 saturated carbocycles. The minimum atomic E-state index is 0.0454. The number of thiophene rings is 1. The first-order valence-corrected chi connectivity index (χ1v) is 10.5. The van der Waals surface area contributed by atoms with E-state index in [-0.39, 0.29) is 6.03 Å². The predicted octanol–water partition coefficient (Wildman–Crippen LogP) is 4.40. The molecule has 2 aromatic heterocycles. The first kappa shape index (κ1) is 18.1. The fraction of sp³-hybridized carbons (Fsp3) is 0.381. The number of nitrogens with zero attached hydrogens (tertiary/aromatic N) is 2. The van der Waals surface area contributed by atoms with E-state index in [2.05, 4.69) is 51.3 Å². The van der Waals surface area contributed by atoms with Crippen LogP contribution in [-0.2, 0) is 6.54 Å². The Kier molecular flexibility index (Phi) is 5.45. The van der Waals surface area contributed by atoms with Crippen molar-refractivity contribution in [3.8, 4) is 11.1 Å². The minimum absolute atomic E-state index is 0.0454. The third-order valence-electron chi connectivity index (χ3n) is 5.01. The minimum Gasteiger partial charge on any atom is -0.460 e. The number of furan rings is 1. The third kappa shape index (κ3) is 4.17. The van der Waals surface area contributed by atoms with Crippen molar-refractivity contribution < 1.29 is 9.21 Å². The summed E-state index contributed by atoms with van der Waals surface area (Å²) in [6, 6.07) is 10.7. The molecule has 1 aliphatic rings. The van der Waals surface area contributed by atoms with Gasteiger partial charge in [0.1, 0.15) is 11.3 Å². The highest BCUT2D eigenvalue weighted by molar-refractivity contribution is 7.08. The van der Waals surface area contributed by atoms with E-state index in [1.54, 1.807) is 11.3 Å². The zero-order valence-corrected chi connectivity index (χ0v) is 16.4. The lowest BCUT2D eigenvalue weighted by Crippen LogP contribution is -2.41. The Hall–Kier alpha value is -2.31. The summed E-state index contributed by atoms with van der Waals surface area (Å²) in [5, 5.41) is 8.31. The van der Waals surface area contributed by atoms with E-state index in [1.807, 2.05) is 11.8 Å². The van der Waals surface area contributed by atoms with Gasteiger partial charge in [-0.2, -0.15) is 11.3 Å². The highest BCUT2D eigenvalue weighted by Crippen LogP contribution is 2.28. The van der Waals surface area contributed by atoms with Crippen LogP contribution >= 0.6 is 11.3 Å². The van der Waals surface area contributed by atoms with Crippen LogP contribution in [0.2, 0.25) is 0 Å². The summed E-state index contributed by atoms with van der Waals surface area (Å²) in [6.45, 7) is 6.83. The molecule has 1 aliphatic heterocycles. The number of benzene rings is 1. The number of hydrogen-bond acceptors (Lipinski definition) is 4. The Morgan fingerprint density at radius 1 is 1.15 bits per heavy atom. The van der Waals surface area contributed by atoms with Crippen molar-refractivity contribution in [2.45, 2.75) is 19.9 Å². The van der Waals surface area contributed by atoms with Crippen LogP contribution in [-0.4, -0.2) is 48.6 Å². The van der Waals surface area contributed by atoms with Crippen molar-refractivity contribution in [1.82, 2.24) is 15.1 Å². The van der Waals surface area contributed by atoms with Crippen molar-refractivity contribution >= 4 is 28.3 Å². The topological polar surface area (TPSA) is 48.7 Å². The number of amides is 2. The average molecular weight is 384 g/mol. The smallest absolute Gasteiger partial charge is 0.317 e. The second-order valence-electron chi connectivity index (χ2n) is 6.93. The van der Waals surface area contributed by atoms with Gasteiger partial charge in [0.2, 0.25) is 0 Å². The Morgan fingerprint density at radius 2 is 2.07 bits per heavy atom. The number of carbonyl (C=O) groups excluding carboxylic acids is 1. The molecule has 5 nitrogen and oxygen atoms in total. The SMILES string of the molecule is CCNC(=O)N1CCCN(Cc2cc3cc(-c4ccsc4)ccc3o2)CC1. The molecule has 6 heteroatoms. The van der Waals surface area contributed by atoms with Crippen LogP contribution in [0.1, 0.15) is 19.1 Å². The molecular formula is C21H25N3O2S. The zero-order chi connectivity index (χ0) is 18.6. The van der Waals surface area contributed by atoms with E-state index in [0.717, 1.165) is 55.9 Å². The van der Waals surface area contributed by atoms with Crippen LogP contribution in [0.3, 0.4) is 0 Å². The number of fused-ring (bicyclic) bond motifs is 1. The molecule has 0 radical (unpaired) electrons. The maximum atomic E-state index is 12.0. The van der Waals surface area contributed by atoms with Crippen LogP contribution in [0.5, 0.6) is 0 Å². The number of rotatable bonds is 4. The molecule has 1 aromatic carbocycles. The highest BCUT2D eigenvalue weighted by atomic mass is 32.1. The lowest BCUT2D eigenvalue weighted by molar-refractivity contribution is 0.197. The molecule has 0 aliphatic carbocycles. The molecule has 1 saturated heterocycles. The molecule has 27 heavy (non-hydrogen) atoms. The summed E-state index contributed by atoms with van der Waals surface area (Å²) in [5.74, 6) is 0.985. The second-order valence-corrected chi connectivity index (χ2v) is 7.71. The van der Waals surface area contributed by atoms with Crippen LogP contribution in [0.25, 0.3) is 22.1 Å².